The minimum atomic E-state index is -4.29. The van der Waals surface area contributed by atoms with Crippen LogP contribution in [0.3, 0.4) is 0 Å². The van der Waals surface area contributed by atoms with Gasteiger partial charge < -0.3 is 10.2 Å². The van der Waals surface area contributed by atoms with Gasteiger partial charge in [0.1, 0.15) is 18.4 Å². The number of sulfonamides is 1. The highest BCUT2D eigenvalue weighted by atomic mass is 32.2. The van der Waals surface area contributed by atoms with Crippen LogP contribution in [0.25, 0.3) is 0 Å². The Morgan fingerprint density at radius 3 is 2.16 bits per heavy atom. The van der Waals surface area contributed by atoms with Crippen molar-refractivity contribution in [3.05, 3.63) is 96.3 Å². The molecule has 0 aromatic heterocycles. The summed E-state index contributed by atoms with van der Waals surface area (Å²) in [6.45, 7) is 3.62. The van der Waals surface area contributed by atoms with E-state index < -0.39 is 34.3 Å². The molecule has 0 heterocycles. The molecule has 38 heavy (non-hydrogen) atoms. The van der Waals surface area contributed by atoms with Gasteiger partial charge in [-0.3, -0.25) is 13.9 Å². The number of halogens is 1. The summed E-state index contributed by atoms with van der Waals surface area (Å²) in [6, 6.07) is 21.6. The van der Waals surface area contributed by atoms with Gasteiger partial charge >= 0.3 is 0 Å². The number of rotatable bonds is 13. The third-order valence-corrected chi connectivity index (χ3v) is 7.99. The molecule has 0 aliphatic rings. The van der Waals surface area contributed by atoms with Crippen LogP contribution in [0.15, 0.2) is 89.8 Å². The van der Waals surface area contributed by atoms with Crippen molar-refractivity contribution >= 4 is 27.5 Å². The maximum Gasteiger partial charge on any atom is 0.264 e. The van der Waals surface area contributed by atoms with Crippen LogP contribution in [0.4, 0.5) is 10.1 Å². The molecule has 202 valence electrons. The number of amides is 2. The molecule has 0 aliphatic heterocycles. The SMILES string of the molecule is CCCCNC(=O)C(C)N(CCc1ccccc1)C(=O)CN(c1ccccc1F)S(=O)(=O)c1ccccc1. The van der Waals surface area contributed by atoms with E-state index in [0.717, 1.165) is 28.8 Å². The summed E-state index contributed by atoms with van der Waals surface area (Å²) in [7, 11) is -4.29. The van der Waals surface area contributed by atoms with E-state index in [4.69, 9.17) is 0 Å². The monoisotopic (exact) mass is 539 g/mol. The molecule has 1 N–H and O–H groups in total. The van der Waals surface area contributed by atoms with Gasteiger partial charge in [-0.25, -0.2) is 12.8 Å². The fraction of sp³-hybridized carbons (Fsp3) is 0.310. The van der Waals surface area contributed by atoms with E-state index in [1.165, 1.54) is 35.2 Å². The molecular formula is C29H34FN3O4S. The molecule has 0 fully saturated rings. The number of hydrogen-bond acceptors (Lipinski definition) is 4. The first-order valence-corrected chi connectivity index (χ1v) is 14.1. The summed E-state index contributed by atoms with van der Waals surface area (Å²) >= 11 is 0. The fourth-order valence-corrected chi connectivity index (χ4v) is 5.44. The van der Waals surface area contributed by atoms with Crippen molar-refractivity contribution in [3.63, 3.8) is 0 Å². The topological polar surface area (TPSA) is 86.8 Å². The Morgan fingerprint density at radius 2 is 1.53 bits per heavy atom. The van der Waals surface area contributed by atoms with Gasteiger partial charge in [-0.05, 0) is 49.6 Å². The lowest BCUT2D eigenvalue weighted by Gasteiger charge is -2.32. The Kier molecular flexibility index (Phi) is 10.4. The van der Waals surface area contributed by atoms with Gasteiger partial charge in [0.05, 0.1) is 10.6 Å². The summed E-state index contributed by atoms with van der Waals surface area (Å²) in [5.74, 6) is -1.72. The van der Waals surface area contributed by atoms with Crippen LogP contribution in [-0.4, -0.2) is 50.8 Å². The second-order valence-corrected chi connectivity index (χ2v) is 10.8. The van der Waals surface area contributed by atoms with Crippen molar-refractivity contribution in [1.82, 2.24) is 10.2 Å². The molecule has 9 heteroatoms. The van der Waals surface area contributed by atoms with Gasteiger partial charge in [0.2, 0.25) is 11.8 Å². The largest absolute Gasteiger partial charge is 0.354 e. The number of carbonyl (C=O) groups is 2. The summed E-state index contributed by atoms with van der Waals surface area (Å²) in [4.78, 5) is 27.9. The van der Waals surface area contributed by atoms with E-state index in [1.807, 2.05) is 37.3 Å². The molecule has 0 bridgehead atoms. The molecule has 2 amide bonds. The molecule has 7 nitrogen and oxygen atoms in total. The molecular weight excluding hydrogens is 505 g/mol. The summed E-state index contributed by atoms with van der Waals surface area (Å²) in [5, 5.41) is 2.84. The van der Waals surface area contributed by atoms with E-state index in [2.05, 4.69) is 5.32 Å². The zero-order valence-electron chi connectivity index (χ0n) is 21.7. The summed E-state index contributed by atoms with van der Waals surface area (Å²) in [5.41, 5.74) is 0.722. The van der Waals surface area contributed by atoms with Gasteiger partial charge in [0.25, 0.3) is 10.0 Å². The molecule has 0 saturated carbocycles. The molecule has 0 saturated heterocycles. The number of hydrogen-bond donors (Lipinski definition) is 1. The molecule has 3 rings (SSSR count). The van der Waals surface area contributed by atoms with Crippen LogP contribution in [-0.2, 0) is 26.0 Å². The number of unbranched alkanes of at least 4 members (excludes halogenated alkanes) is 1. The zero-order chi connectivity index (χ0) is 27.5. The summed E-state index contributed by atoms with van der Waals surface area (Å²) < 4.78 is 42.9. The second kappa shape index (κ2) is 13.7. The molecule has 0 aliphatic carbocycles. The number of nitrogens with one attached hydrogen (secondary N) is 1. The van der Waals surface area contributed by atoms with E-state index in [-0.39, 0.29) is 23.0 Å². The van der Waals surface area contributed by atoms with Crippen molar-refractivity contribution in [2.24, 2.45) is 0 Å². The highest BCUT2D eigenvalue weighted by Gasteiger charge is 2.33. The van der Waals surface area contributed by atoms with Gasteiger partial charge in [0.15, 0.2) is 0 Å². The number of anilines is 1. The lowest BCUT2D eigenvalue weighted by atomic mass is 10.1. The van der Waals surface area contributed by atoms with Gasteiger partial charge in [0, 0.05) is 13.1 Å². The van der Waals surface area contributed by atoms with E-state index in [1.54, 1.807) is 25.1 Å². The number of carbonyl (C=O) groups excluding carboxylic acids is 2. The average Bonchev–Trinajstić information content (AvgIpc) is 2.93. The number of benzene rings is 3. The van der Waals surface area contributed by atoms with Gasteiger partial charge in [-0.15, -0.1) is 0 Å². The smallest absolute Gasteiger partial charge is 0.264 e. The van der Waals surface area contributed by atoms with Crippen LogP contribution < -0.4 is 9.62 Å². The van der Waals surface area contributed by atoms with Crippen LogP contribution in [0.1, 0.15) is 32.3 Å². The highest BCUT2D eigenvalue weighted by Crippen LogP contribution is 2.26. The standard InChI is InChI=1S/C29H34FN3O4S/c1-3-4-20-31-29(35)23(2)32(21-19-24-13-7-5-8-14-24)28(34)22-33(27-18-12-11-17-26(27)30)38(36,37)25-15-9-6-10-16-25/h5-18,23H,3-4,19-22H2,1-2H3,(H,31,35). The minimum Gasteiger partial charge on any atom is -0.354 e. The third kappa shape index (κ3) is 7.41. The lowest BCUT2D eigenvalue weighted by Crippen LogP contribution is -2.52. The van der Waals surface area contributed by atoms with Crippen LogP contribution in [0, 0.1) is 5.82 Å². The Labute approximate surface area is 224 Å². The van der Waals surface area contributed by atoms with Crippen LogP contribution >= 0.6 is 0 Å². The quantitative estimate of drug-likeness (QED) is 0.326. The Balaban J connectivity index is 1.94. The average molecular weight is 540 g/mol. The maximum atomic E-state index is 14.9. The predicted octanol–water partition coefficient (Wildman–Crippen LogP) is 4.40. The van der Waals surface area contributed by atoms with Crippen LogP contribution in [0.2, 0.25) is 0 Å². The Bertz CT molecular complexity index is 1300. The molecule has 0 radical (unpaired) electrons. The second-order valence-electron chi connectivity index (χ2n) is 8.92. The molecule has 1 atom stereocenters. The molecule has 3 aromatic carbocycles. The van der Waals surface area contributed by atoms with Gasteiger partial charge in [-0.1, -0.05) is 74.0 Å². The normalized spacial score (nSPS) is 12.0. The summed E-state index contributed by atoms with van der Waals surface area (Å²) in [6.07, 6.45) is 2.16. The first-order chi connectivity index (χ1) is 18.3. The number of nitrogens with zero attached hydrogens (tertiary/aromatic N) is 2. The highest BCUT2D eigenvalue weighted by molar-refractivity contribution is 7.92. The molecule has 0 spiro atoms. The van der Waals surface area contributed by atoms with E-state index in [0.29, 0.717) is 13.0 Å². The van der Waals surface area contributed by atoms with Crippen molar-refractivity contribution in [3.8, 4) is 0 Å². The predicted molar refractivity (Wildman–Crippen MR) is 147 cm³/mol. The van der Waals surface area contributed by atoms with E-state index >= 15 is 0 Å². The van der Waals surface area contributed by atoms with Crippen LogP contribution in [0.5, 0.6) is 0 Å². The van der Waals surface area contributed by atoms with Crippen molar-refractivity contribution in [2.75, 3.05) is 23.9 Å². The van der Waals surface area contributed by atoms with Crippen molar-refractivity contribution < 1.29 is 22.4 Å². The first kappa shape index (κ1) is 28.8. The Hall–Kier alpha value is -3.72. The molecule has 3 aromatic rings. The lowest BCUT2D eigenvalue weighted by molar-refractivity contribution is -0.138. The first-order valence-electron chi connectivity index (χ1n) is 12.7. The minimum absolute atomic E-state index is 0.0720. The number of para-hydroxylation sites is 1. The van der Waals surface area contributed by atoms with E-state index in [9.17, 15) is 22.4 Å². The maximum absolute atomic E-state index is 14.9. The van der Waals surface area contributed by atoms with Gasteiger partial charge in [-0.2, -0.15) is 0 Å². The third-order valence-electron chi connectivity index (χ3n) is 6.21. The van der Waals surface area contributed by atoms with Crippen molar-refractivity contribution in [2.45, 2.75) is 44.0 Å². The zero-order valence-corrected chi connectivity index (χ0v) is 22.5. The fourth-order valence-electron chi connectivity index (χ4n) is 3.99. The molecule has 1 unspecified atom stereocenters. The van der Waals surface area contributed by atoms with Crippen molar-refractivity contribution in [1.29, 1.82) is 0 Å². The Morgan fingerprint density at radius 1 is 0.921 bits per heavy atom.